The number of anilines is 2. The summed E-state index contributed by atoms with van der Waals surface area (Å²) in [6.07, 6.45) is 0.205. The number of benzene rings is 2. The van der Waals surface area contributed by atoms with Crippen LogP contribution in [-0.2, 0) is 9.59 Å². The molecule has 154 valence electrons. The zero-order chi connectivity index (χ0) is 21.1. The molecule has 0 aliphatic carbocycles. The van der Waals surface area contributed by atoms with Crippen molar-refractivity contribution in [3.8, 4) is 17.0 Å². The van der Waals surface area contributed by atoms with E-state index in [4.69, 9.17) is 4.74 Å². The number of aryl methyl sites for hydroxylation is 1. The van der Waals surface area contributed by atoms with Gasteiger partial charge in [-0.25, -0.2) is 4.98 Å². The van der Waals surface area contributed by atoms with Gasteiger partial charge in [0.05, 0.1) is 18.2 Å². The van der Waals surface area contributed by atoms with Crippen molar-refractivity contribution >= 4 is 34.0 Å². The molecular weight excluding hydrogens is 398 g/mol. The van der Waals surface area contributed by atoms with Gasteiger partial charge in [0.1, 0.15) is 5.75 Å². The Hall–Kier alpha value is -3.19. The van der Waals surface area contributed by atoms with E-state index in [-0.39, 0.29) is 18.2 Å². The van der Waals surface area contributed by atoms with Crippen LogP contribution in [0, 0.1) is 12.8 Å². The molecule has 0 radical (unpaired) electrons. The van der Waals surface area contributed by atoms with Crippen LogP contribution in [0.15, 0.2) is 53.9 Å². The van der Waals surface area contributed by atoms with Gasteiger partial charge >= 0.3 is 0 Å². The summed E-state index contributed by atoms with van der Waals surface area (Å²) in [5, 5.41) is 5.31. The highest BCUT2D eigenvalue weighted by Crippen LogP contribution is 2.29. The molecule has 1 N–H and O–H groups in total. The lowest BCUT2D eigenvalue weighted by Gasteiger charge is -2.16. The van der Waals surface area contributed by atoms with E-state index < -0.39 is 5.92 Å². The molecule has 2 amide bonds. The third-order valence-corrected chi connectivity index (χ3v) is 5.79. The minimum atomic E-state index is -0.392. The van der Waals surface area contributed by atoms with Crippen LogP contribution < -0.4 is 15.0 Å². The monoisotopic (exact) mass is 421 g/mol. The van der Waals surface area contributed by atoms with Gasteiger partial charge in [0, 0.05) is 29.6 Å². The smallest absolute Gasteiger partial charge is 0.231 e. The van der Waals surface area contributed by atoms with Gasteiger partial charge in [-0.1, -0.05) is 17.7 Å². The van der Waals surface area contributed by atoms with Crippen molar-refractivity contribution in [1.82, 2.24) is 4.98 Å². The van der Waals surface area contributed by atoms with E-state index in [2.05, 4.69) is 10.3 Å². The van der Waals surface area contributed by atoms with Crippen molar-refractivity contribution < 1.29 is 14.3 Å². The van der Waals surface area contributed by atoms with E-state index in [0.717, 1.165) is 28.3 Å². The predicted octanol–water partition coefficient (Wildman–Crippen LogP) is 4.51. The van der Waals surface area contributed by atoms with Gasteiger partial charge in [-0.05, 0) is 50.2 Å². The number of rotatable bonds is 6. The molecule has 2 heterocycles. The predicted molar refractivity (Wildman–Crippen MR) is 119 cm³/mol. The van der Waals surface area contributed by atoms with Gasteiger partial charge in [-0.2, -0.15) is 0 Å². The average molecular weight is 422 g/mol. The molecule has 7 heteroatoms. The number of nitrogens with one attached hydrogen (secondary N) is 1. The lowest BCUT2D eigenvalue weighted by molar-refractivity contribution is -0.122. The first-order chi connectivity index (χ1) is 14.5. The summed E-state index contributed by atoms with van der Waals surface area (Å²) in [6, 6.07) is 15.5. The van der Waals surface area contributed by atoms with Crippen LogP contribution in [0.4, 0.5) is 10.8 Å². The summed E-state index contributed by atoms with van der Waals surface area (Å²) < 4.78 is 5.46. The van der Waals surface area contributed by atoms with Crippen LogP contribution in [0.25, 0.3) is 11.3 Å². The molecule has 3 aromatic rings. The molecule has 0 bridgehead atoms. The number of carbonyl (C=O) groups is 2. The molecule has 6 nitrogen and oxygen atoms in total. The Morgan fingerprint density at radius 2 is 1.93 bits per heavy atom. The molecular formula is C23H23N3O3S. The van der Waals surface area contributed by atoms with Crippen molar-refractivity contribution in [2.75, 3.05) is 23.4 Å². The van der Waals surface area contributed by atoms with Gasteiger partial charge in [-0.3, -0.25) is 9.59 Å². The molecule has 1 saturated heterocycles. The number of hydrogen-bond acceptors (Lipinski definition) is 5. The molecule has 4 rings (SSSR count). The first kappa shape index (κ1) is 20.1. The van der Waals surface area contributed by atoms with Crippen molar-refractivity contribution in [3.63, 3.8) is 0 Å². The van der Waals surface area contributed by atoms with Crippen LogP contribution in [0.5, 0.6) is 5.75 Å². The van der Waals surface area contributed by atoms with Crippen molar-refractivity contribution in [2.45, 2.75) is 20.3 Å². The number of hydrogen-bond donors (Lipinski definition) is 1. The van der Waals surface area contributed by atoms with Crippen LogP contribution >= 0.6 is 11.3 Å². The van der Waals surface area contributed by atoms with Gasteiger partial charge in [0.25, 0.3) is 0 Å². The Kier molecular flexibility index (Phi) is 5.81. The summed E-state index contributed by atoms with van der Waals surface area (Å²) in [5.41, 5.74) is 3.71. The van der Waals surface area contributed by atoms with E-state index in [1.165, 1.54) is 11.3 Å². The third kappa shape index (κ3) is 4.36. The van der Waals surface area contributed by atoms with Crippen LogP contribution in [0.1, 0.15) is 18.9 Å². The summed E-state index contributed by atoms with van der Waals surface area (Å²) in [5.74, 6) is 0.212. The molecule has 1 atom stereocenters. The molecule has 0 spiro atoms. The maximum atomic E-state index is 12.7. The number of aromatic nitrogens is 1. The topological polar surface area (TPSA) is 71.5 Å². The Morgan fingerprint density at radius 1 is 1.20 bits per heavy atom. The second-order valence-corrected chi connectivity index (χ2v) is 8.08. The zero-order valence-electron chi connectivity index (χ0n) is 16.9. The van der Waals surface area contributed by atoms with E-state index in [0.29, 0.717) is 18.3 Å². The number of amides is 2. The minimum Gasteiger partial charge on any atom is -0.494 e. The van der Waals surface area contributed by atoms with Crippen LogP contribution in [0.2, 0.25) is 0 Å². The van der Waals surface area contributed by atoms with Gasteiger partial charge in [0.2, 0.25) is 11.8 Å². The zero-order valence-corrected chi connectivity index (χ0v) is 17.7. The number of carbonyl (C=O) groups excluding carboxylic acids is 2. The summed E-state index contributed by atoms with van der Waals surface area (Å²) in [4.78, 5) is 31.3. The van der Waals surface area contributed by atoms with Gasteiger partial charge < -0.3 is 15.0 Å². The van der Waals surface area contributed by atoms with Gasteiger partial charge in [-0.15, -0.1) is 11.3 Å². The lowest BCUT2D eigenvalue weighted by Crippen LogP contribution is -2.28. The van der Waals surface area contributed by atoms with Crippen LogP contribution in [0.3, 0.4) is 0 Å². The van der Waals surface area contributed by atoms with Crippen LogP contribution in [-0.4, -0.2) is 29.9 Å². The fraction of sp³-hybridized carbons (Fsp3) is 0.261. The van der Waals surface area contributed by atoms with E-state index in [1.54, 1.807) is 4.90 Å². The Balaban J connectivity index is 1.40. The highest BCUT2D eigenvalue weighted by atomic mass is 32.1. The Morgan fingerprint density at radius 3 is 2.63 bits per heavy atom. The molecule has 30 heavy (non-hydrogen) atoms. The molecule has 0 saturated carbocycles. The molecule has 1 aliphatic rings. The average Bonchev–Trinajstić information content (AvgIpc) is 3.36. The van der Waals surface area contributed by atoms with Crippen molar-refractivity contribution in [2.24, 2.45) is 5.92 Å². The summed E-state index contributed by atoms with van der Waals surface area (Å²) in [7, 11) is 0. The second-order valence-electron chi connectivity index (χ2n) is 7.23. The number of ether oxygens (including phenoxy) is 1. The fourth-order valence-corrected chi connectivity index (χ4v) is 4.14. The molecule has 1 fully saturated rings. The van der Waals surface area contributed by atoms with E-state index in [1.807, 2.05) is 67.8 Å². The lowest BCUT2D eigenvalue weighted by atomic mass is 10.1. The number of thiazole rings is 1. The first-order valence-electron chi connectivity index (χ1n) is 9.90. The molecule has 0 unspecified atom stereocenters. The first-order valence-corrected chi connectivity index (χ1v) is 10.8. The normalized spacial score (nSPS) is 16.0. The van der Waals surface area contributed by atoms with E-state index >= 15 is 0 Å². The van der Waals surface area contributed by atoms with E-state index in [9.17, 15) is 9.59 Å². The Bertz CT molecular complexity index is 1040. The molecule has 1 aliphatic heterocycles. The molecule has 1 aromatic heterocycles. The van der Waals surface area contributed by atoms with Gasteiger partial charge in [0.15, 0.2) is 5.13 Å². The third-order valence-electron chi connectivity index (χ3n) is 5.04. The van der Waals surface area contributed by atoms with Crippen molar-refractivity contribution in [1.29, 1.82) is 0 Å². The number of nitrogens with zero attached hydrogens (tertiary/aromatic N) is 2. The fourth-order valence-electron chi connectivity index (χ4n) is 3.42. The Labute approximate surface area is 179 Å². The largest absolute Gasteiger partial charge is 0.494 e. The summed E-state index contributed by atoms with van der Waals surface area (Å²) >= 11 is 1.37. The van der Waals surface area contributed by atoms with Crippen molar-refractivity contribution in [3.05, 3.63) is 59.5 Å². The second kappa shape index (κ2) is 8.67. The maximum Gasteiger partial charge on any atom is 0.231 e. The molecule has 2 aromatic carbocycles. The highest BCUT2D eigenvalue weighted by Gasteiger charge is 2.35. The minimum absolute atomic E-state index is 0.0341. The standard InChI is InChI=1S/C23H23N3O3S/c1-3-29-19-10-6-16(7-11-19)20-14-30-23(24-20)25-22(28)17-12-21(27)26(13-17)18-8-4-15(2)5-9-18/h4-11,14,17H,3,12-13H2,1-2H3,(H,24,25,28)/t17-/m1/s1. The maximum absolute atomic E-state index is 12.7. The highest BCUT2D eigenvalue weighted by molar-refractivity contribution is 7.14. The SMILES string of the molecule is CCOc1ccc(-c2csc(NC(=O)[C@@H]3CC(=O)N(c4ccc(C)cc4)C3)n2)cc1. The quantitative estimate of drug-likeness (QED) is 0.636. The summed E-state index contributed by atoms with van der Waals surface area (Å²) in [6.45, 7) is 4.95.